The van der Waals surface area contributed by atoms with Crippen molar-refractivity contribution in [3.05, 3.63) is 58.1 Å². The number of halogens is 1. The predicted octanol–water partition coefficient (Wildman–Crippen LogP) is 4.09. The Balaban J connectivity index is 2.38. The summed E-state index contributed by atoms with van der Waals surface area (Å²) >= 11 is 3.30. The number of rotatable bonds is 4. The van der Waals surface area contributed by atoms with E-state index in [0.29, 0.717) is 12.2 Å². The molecule has 0 aliphatic rings. The van der Waals surface area contributed by atoms with Gasteiger partial charge in [-0.2, -0.15) is 8.42 Å². The molecule has 106 valence electrons. The lowest BCUT2D eigenvalue weighted by Gasteiger charge is -2.11. The average Bonchev–Trinajstić information content (AvgIpc) is 2.40. The Morgan fingerprint density at radius 2 is 1.75 bits per heavy atom. The third-order valence-electron chi connectivity index (χ3n) is 2.89. The number of hydrogen-bond donors (Lipinski definition) is 0. The van der Waals surface area contributed by atoms with Crippen molar-refractivity contribution in [3.63, 3.8) is 0 Å². The Morgan fingerprint density at radius 3 is 2.35 bits per heavy atom. The average molecular weight is 355 g/mol. The molecule has 0 unspecified atom stereocenters. The van der Waals surface area contributed by atoms with Crippen LogP contribution < -0.4 is 4.18 Å². The van der Waals surface area contributed by atoms with E-state index in [1.54, 1.807) is 36.4 Å². The van der Waals surface area contributed by atoms with Crippen LogP contribution in [0, 0.1) is 6.92 Å². The van der Waals surface area contributed by atoms with Gasteiger partial charge in [-0.1, -0.05) is 40.5 Å². The minimum atomic E-state index is -3.80. The first-order valence-electron chi connectivity index (χ1n) is 6.22. The molecule has 0 spiro atoms. The fourth-order valence-electron chi connectivity index (χ4n) is 1.89. The van der Waals surface area contributed by atoms with Crippen molar-refractivity contribution in [1.82, 2.24) is 0 Å². The van der Waals surface area contributed by atoms with Gasteiger partial charge in [0, 0.05) is 4.47 Å². The van der Waals surface area contributed by atoms with Crippen LogP contribution in [0.2, 0.25) is 0 Å². The maximum absolute atomic E-state index is 12.3. The molecule has 0 amide bonds. The summed E-state index contributed by atoms with van der Waals surface area (Å²) in [6.07, 6.45) is 0.639. The van der Waals surface area contributed by atoms with Gasteiger partial charge < -0.3 is 4.18 Å². The van der Waals surface area contributed by atoms with Gasteiger partial charge in [0.2, 0.25) is 0 Å². The molecule has 2 aromatic rings. The molecule has 0 saturated heterocycles. The number of hydrogen-bond acceptors (Lipinski definition) is 3. The normalized spacial score (nSPS) is 11.3. The minimum absolute atomic E-state index is 0.230. The fourth-order valence-corrected chi connectivity index (χ4v) is 3.37. The molecule has 0 aliphatic heterocycles. The van der Waals surface area contributed by atoms with Gasteiger partial charge in [-0.15, -0.1) is 0 Å². The van der Waals surface area contributed by atoms with Crippen LogP contribution in [-0.4, -0.2) is 8.42 Å². The van der Waals surface area contributed by atoms with E-state index >= 15 is 0 Å². The topological polar surface area (TPSA) is 43.4 Å². The molecule has 3 nitrogen and oxygen atoms in total. The molecule has 0 heterocycles. The van der Waals surface area contributed by atoms with Gasteiger partial charge >= 0.3 is 10.1 Å². The molecule has 0 fully saturated rings. The Kier molecular flexibility index (Phi) is 4.50. The van der Waals surface area contributed by atoms with Gasteiger partial charge in [0.25, 0.3) is 0 Å². The summed E-state index contributed by atoms with van der Waals surface area (Å²) in [5.41, 5.74) is 1.80. The van der Waals surface area contributed by atoms with Crippen LogP contribution >= 0.6 is 15.9 Å². The van der Waals surface area contributed by atoms with Gasteiger partial charge in [-0.05, 0) is 49.2 Å². The highest BCUT2D eigenvalue weighted by atomic mass is 79.9. The molecule has 0 bridgehead atoms. The molecule has 20 heavy (non-hydrogen) atoms. The van der Waals surface area contributed by atoms with Gasteiger partial charge in [0.1, 0.15) is 10.6 Å². The predicted molar refractivity (Wildman–Crippen MR) is 82.5 cm³/mol. The molecular formula is C15H15BrO3S. The van der Waals surface area contributed by atoms with Crippen molar-refractivity contribution >= 4 is 26.0 Å². The first-order valence-corrected chi connectivity index (χ1v) is 8.42. The number of aryl methyl sites for hydroxylation is 2. The zero-order valence-corrected chi connectivity index (χ0v) is 13.7. The summed E-state index contributed by atoms with van der Waals surface area (Å²) in [6.45, 7) is 3.86. The monoisotopic (exact) mass is 354 g/mol. The molecule has 5 heteroatoms. The summed E-state index contributed by atoms with van der Waals surface area (Å²) < 4.78 is 30.7. The largest absolute Gasteiger partial charge is 0.379 e. The van der Waals surface area contributed by atoms with E-state index in [4.69, 9.17) is 4.18 Å². The zero-order valence-electron chi connectivity index (χ0n) is 11.3. The Morgan fingerprint density at radius 1 is 1.10 bits per heavy atom. The molecule has 2 aromatic carbocycles. The smallest absolute Gasteiger partial charge is 0.339 e. The van der Waals surface area contributed by atoms with E-state index in [2.05, 4.69) is 15.9 Å². The molecule has 0 aromatic heterocycles. The van der Waals surface area contributed by atoms with E-state index in [9.17, 15) is 8.42 Å². The van der Waals surface area contributed by atoms with E-state index in [1.807, 2.05) is 19.9 Å². The lowest BCUT2D eigenvalue weighted by Crippen LogP contribution is -2.12. The second kappa shape index (κ2) is 5.97. The van der Waals surface area contributed by atoms with Crippen LogP contribution in [0.15, 0.2) is 51.8 Å². The first-order chi connectivity index (χ1) is 9.42. The fraction of sp³-hybridized carbons (Fsp3) is 0.200. The highest BCUT2D eigenvalue weighted by Gasteiger charge is 2.20. The lowest BCUT2D eigenvalue weighted by atomic mass is 10.1. The first kappa shape index (κ1) is 15.1. The molecular weight excluding hydrogens is 340 g/mol. The highest BCUT2D eigenvalue weighted by Crippen LogP contribution is 2.24. The van der Waals surface area contributed by atoms with Crippen molar-refractivity contribution in [2.45, 2.75) is 25.2 Å². The molecule has 0 radical (unpaired) electrons. The van der Waals surface area contributed by atoms with Crippen LogP contribution in [0.25, 0.3) is 0 Å². The maximum Gasteiger partial charge on any atom is 0.339 e. The van der Waals surface area contributed by atoms with Crippen molar-refractivity contribution < 1.29 is 12.6 Å². The molecule has 0 atom stereocenters. The highest BCUT2D eigenvalue weighted by molar-refractivity contribution is 9.10. The summed E-state index contributed by atoms with van der Waals surface area (Å²) in [5.74, 6) is 0.302. The summed E-state index contributed by atoms with van der Waals surface area (Å²) in [7, 11) is -3.80. The zero-order chi connectivity index (χ0) is 14.8. The molecule has 0 aliphatic carbocycles. The molecule has 0 saturated carbocycles. The van der Waals surface area contributed by atoms with Crippen molar-refractivity contribution in [3.8, 4) is 5.75 Å². The summed E-state index contributed by atoms with van der Waals surface area (Å²) in [4.78, 5) is 0.230. The van der Waals surface area contributed by atoms with Crippen LogP contribution in [0.3, 0.4) is 0 Å². The van der Waals surface area contributed by atoms with Gasteiger partial charge in [0.15, 0.2) is 0 Å². The van der Waals surface area contributed by atoms with Crippen LogP contribution in [-0.2, 0) is 16.5 Å². The van der Waals surface area contributed by atoms with Gasteiger partial charge in [-0.25, -0.2) is 0 Å². The minimum Gasteiger partial charge on any atom is -0.379 e. The van der Waals surface area contributed by atoms with Crippen LogP contribution in [0.5, 0.6) is 5.75 Å². The van der Waals surface area contributed by atoms with Crippen LogP contribution in [0.1, 0.15) is 18.1 Å². The van der Waals surface area contributed by atoms with Crippen LogP contribution in [0.4, 0.5) is 0 Å². The third-order valence-corrected chi connectivity index (χ3v) is 4.76. The van der Waals surface area contributed by atoms with E-state index in [1.165, 1.54) is 0 Å². The third kappa shape index (κ3) is 3.41. The second-order valence-electron chi connectivity index (χ2n) is 4.46. The van der Waals surface area contributed by atoms with Crippen molar-refractivity contribution in [1.29, 1.82) is 0 Å². The van der Waals surface area contributed by atoms with E-state index in [0.717, 1.165) is 15.6 Å². The van der Waals surface area contributed by atoms with Gasteiger partial charge in [-0.3, -0.25) is 0 Å². The molecule has 0 N–H and O–H groups in total. The van der Waals surface area contributed by atoms with Gasteiger partial charge in [0.05, 0.1) is 0 Å². The Hall–Kier alpha value is -1.33. The Labute approximate surface area is 127 Å². The summed E-state index contributed by atoms with van der Waals surface area (Å²) in [5, 5.41) is 0. The lowest BCUT2D eigenvalue weighted by molar-refractivity contribution is 0.485. The van der Waals surface area contributed by atoms with Crippen molar-refractivity contribution in [2.24, 2.45) is 0 Å². The van der Waals surface area contributed by atoms with Crippen molar-refractivity contribution in [2.75, 3.05) is 0 Å². The maximum atomic E-state index is 12.3. The van der Waals surface area contributed by atoms with E-state index in [-0.39, 0.29) is 4.90 Å². The molecule has 2 rings (SSSR count). The SMILES string of the molecule is CCc1cc(C)ccc1S(=O)(=O)Oc1ccc(Br)cc1. The quantitative estimate of drug-likeness (QED) is 0.776. The standard InChI is InChI=1S/C15H15BrO3S/c1-3-12-10-11(2)4-9-15(12)20(17,18)19-14-7-5-13(16)6-8-14/h4-10H,3H2,1-2H3. The summed E-state index contributed by atoms with van der Waals surface area (Å²) in [6, 6.07) is 11.9. The Bertz CT molecular complexity index is 706. The second-order valence-corrected chi connectivity index (χ2v) is 6.89. The number of benzene rings is 2. The van der Waals surface area contributed by atoms with E-state index < -0.39 is 10.1 Å².